The van der Waals surface area contributed by atoms with E-state index in [1.165, 1.54) is 5.56 Å². The van der Waals surface area contributed by atoms with E-state index < -0.39 is 0 Å². The first-order valence-electron chi connectivity index (χ1n) is 7.04. The van der Waals surface area contributed by atoms with Crippen LogP contribution in [-0.2, 0) is 0 Å². The summed E-state index contributed by atoms with van der Waals surface area (Å²) in [7, 11) is 1.55. The summed E-state index contributed by atoms with van der Waals surface area (Å²) in [6.45, 7) is 0. The lowest BCUT2D eigenvalue weighted by molar-refractivity contribution is 0.369. The molecule has 0 heterocycles. The Labute approximate surface area is 133 Å². The molecule has 1 aliphatic rings. The van der Waals surface area contributed by atoms with Crippen LogP contribution in [0, 0.1) is 0 Å². The van der Waals surface area contributed by atoms with Crippen LogP contribution in [0.3, 0.4) is 0 Å². The number of hydrogen-bond acceptors (Lipinski definition) is 3. The average Bonchev–Trinajstić information content (AvgIpc) is 2.44. The van der Waals surface area contributed by atoms with Gasteiger partial charge in [0.15, 0.2) is 11.5 Å². The maximum atomic E-state index is 9.78. The molecule has 0 bridgehead atoms. The monoisotopic (exact) mass is 347 g/mol. The van der Waals surface area contributed by atoms with Gasteiger partial charge in [-0.25, -0.2) is 0 Å². The molecule has 4 heteroatoms. The summed E-state index contributed by atoms with van der Waals surface area (Å²) in [5, 5.41) is 13.2. The fourth-order valence-electron chi connectivity index (χ4n) is 2.76. The van der Waals surface area contributed by atoms with Crippen molar-refractivity contribution in [1.82, 2.24) is 0 Å². The van der Waals surface area contributed by atoms with E-state index in [9.17, 15) is 5.11 Å². The Bertz CT molecular complexity index is 621. The summed E-state index contributed by atoms with van der Waals surface area (Å²) in [6, 6.07) is 14.5. The molecule has 2 aromatic rings. The summed E-state index contributed by atoms with van der Waals surface area (Å²) in [4.78, 5) is 0. The SMILES string of the molecule is COc1ccc(NC2CC(c3ccc(Br)cc3)C2)cc1O. The van der Waals surface area contributed by atoms with Gasteiger partial charge in [-0.1, -0.05) is 28.1 Å². The molecule has 21 heavy (non-hydrogen) atoms. The zero-order valence-corrected chi connectivity index (χ0v) is 13.4. The van der Waals surface area contributed by atoms with Crippen molar-refractivity contribution in [2.75, 3.05) is 12.4 Å². The third-order valence-electron chi connectivity index (χ3n) is 4.03. The molecule has 1 saturated carbocycles. The molecular weight excluding hydrogens is 330 g/mol. The number of rotatable bonds is 4. The van der Waals surface area contributed by atoms with Gasteiger partial charge < -0.3 is 15.2 Å². The van der Waals surface area contributed by atoms with E-state index in [2.05, 4.69) is 45.5 Å². The smallest absolute Gasteiger partial charge is 0.160 e. The highest BCUT2D eigenvalue weighted by Gasteiger charge is 2.30. The molecule has 0 amide bonds. The quantitative estimate of drug-likeness (QED) is 0.854. The van der Waals surface area contributed by atoms with Gasteiger partial charge in [0.1, 0.15) is 0 Å². The van der Waals surface area contributed by atoms with Crippen LogP contribution in [0.4, 0.5) is 5.69 Å². The molecule has 3 rings (SSSR count). The third-order valence-corrected chi connectivity index (χ3v) is 4.56. The normalized spacial score (nSPS) is 20.7. The van der Waals surface area contributed by atoms with Crippen molar-refractivity contribution >= 4 is 21.6 Å². The molecule has 0 spiro atoms. The molecule has 0 aliphatic heterocycles. The zero-order valence-electron chi connectivity index (χ0n) is 11.8. The number of aromatic hydroxyl groups is 1. The number of benzene rings is 2. The zero-order chi connectivity index (χ0) is 14.8. The maximum Gasteiger partial charge on any atom is 0.160 e. The van der Waals surface area contributed by atoms with E-state index in [-0.39, 0.29) is 5.75 Å². The van der Waals surface area contributed by atoms with Crippen LogP contribution < -0.4 is 10.1 Å². The minimum Gasteiger partial charge on any atom is -0.504 e. The molecule has 1 fully saturated rings. The Kier molecular flexibility index (Phi) is 4.06. The van der Waals surface area contributed by atoms with E-state index in [1.807, 2.05) is 6.07 Å². The number of anilines is 1. The Morgan fingerprint density at radius 3 is 2.48 bits per heavy atom. The second kappa shape index (κ2) is 5.98. The van der Waals surface area contributed by atoms with Crippen LogP contribution in [0.25, 0.3) is 0 Å². The van der Waals surface area contributed by atoms with Crippen LogP contribution >= 0.6 is 15.9 Å². The summed E-state index contributed by atoms with van der Waals surface area (Å²) in [6.07, 6.45) is 2.24. The maximum absolute atomic E-state index is 9.78. The lowest BCUT2D eigenvalue weighted by Gasteiger charge is -2.37. The topological polar surface area (TPSA) is 41.5 Å². The Morgan fingerprint density at radius 2 is 1.86 bits per heavy atom. The van der Waals surface area contributed by atoms with Gasteiger partial charge in [-0.15, -0.1) is 0 Å². The van der Waals surface area contributed by atoms with Gasteiger partial charge in [-0.05, 0) is 48.6 Å². The Morgan fingerprint density at radius 1 is 1.14 bits per heavy atom. The molecule has 0 atom stereocenters. The summed E-state index contributed by atoms with van der Waals surface area (Å²) < 4.78 is 6.17. The first-order chi connectivity index (χ1) is 10.2. The van der Waals surface area contributed by atoms with Crippen LogP contribution in [0.1, 0.15) is 24.3 Å². The number of phenolic OH excluding ortho intramolecular Hbond substituents is 1. The Balaban J connectivity index is 1.57. The van der Waals surface area contributed by atoms with E-state index in [0.29, 0.717) is 17.7 Å². The standard InChI is InChI=1S/C17H18BrNO2/c1-21-17-7-6-14(10-16(17)20)19-15-8-12(9-15)11-2-4-13(18)5-3-11/h2-7,10,12,15,19-20H,8-9H2,1H3. The summed E-state index contributed by atoms with van der Waals surface area (Å²) in [5.74, 6) is 1.30. The second-order valence-electron chi connectivity index (χ2n) is 5.45. The van der Waals surface area contributed by atoms with E-state index in [1.54, 1.807) is 19.2 Å². The molecule has 0 saturated heterocycles. The van der Waals surface area contributed by atoms with Crippen molar-refractivity contribution in [3.05, 3.63) is 52.5 Å². The van der Waals surface area contributed by atoms with Crippen LogP contribution in [0.5, 0.6) is 11.5 Å². The predicted octanol–water partition coefficient (Wildman–Crippen LogP) is 4.52. The van der Waals surface area contributed by atoms with E-state index in [4.69, 9.17) is 4.74 Å². The van der Waals surface area contributed by atoms with Crippen molar-refractivity contribution in [2.45, 2.75) is 24.8 Å². The van der Waals surface area contributed by atoms with Gasteiger partial charge in [0.2, 0.25) is 0 Å². The molecule has 0 radical (unpaired) electrons. The number of hydrogen-bond donors (Lipinski definition) is 2. The van der Waals surface area contributed by atoms with Crippen molar-refractivity contribution < 1.29 is 9.84 Å². The molecular formula is C17H18BrNO2. The van der Waals surface area contributed by atoms with Gasteiger partial charge in [0.05, 0.1) is 7.11 Å². The highest BCUT2D eigenvalue weighted by atomic mass is 79.9. The molecule has 2 aromatic carbocycles. The summed E-state index contributed by atoms with van der Waals surface area (Å²) in [5.41, 5.74) is 2.33. The van der Waals surface area contributed by atoms with Crippen molar-refractivity contribution in [2.24, 2.45) is 0 Å². The molecule has 2 N–H and O–H groups in total. The van der Waals surface area contributed by atoms with Gasteiger partial charge in [-0.2, -0.15) is 0 Å². The molecule has 0 aromatic heterocycles. The fraction of sp³-hybridized carbons (Fsp3) is 0.294. The highest BCUT2D eigenvalue weighted by Crippen LogP contribution is 2.39. The first-order valence-corrected chi connectivity index (χ1v) is 7.84. The van der Waals surface area contributed by atoms with Crippen LogP contribution in [0.15, 0.2) is 46.9 Å². The average molecular weight is 348 g/mol. The number of phenols is 1. The number of ether oxygens (including phenoxy) is 1. The van der Waals surface area contributed by atoms with Crippen LogP contribution in [0.2, 0.25) is 0 Å². The van der Waals surface area contributed by atoms with Crippen molar-refractivity contribution in [1.29, 1.82) is 0 Å². The number of halogens is 1. The number of nitrogens with one attached hydrogen (secondary N) is 1. The van der Waals surface area contributed by atoms with Gasteiger partial charge in [0, 0.05) is 22.3 Å². The first kappa shape index (κ1) is 14.3. The van der Waals surface area contributed by atoms with Crippen molar-refractivity contribution in [3.8, 4) is 11.5 Å². The largest absolute Gasteiger partial charge is 0.504 e. The molecule has 3 nitrogen and oxygen atoms in total. The number of methoxy groups -OCH3 is 1. The predicted molar refractivity (Wildman–Crippen MR) is 88.2 cm³/mol. The third kappa shape index (κ3) is 3.16. The minimum atomic E-state index is 0.172. The van der Waals surface area contributed by atoms with E-state index in [0.717, 1.165) is 23.0 Å². The lowest BCUT2D eigenvalue weighted by Crippen LogP contribution is -2.33. The van der Waals surface area contributed by atoms with E-state index >= 15 is 0 Å². The minimum absolute atomic E-state index is 0.172. The Hall–Kier alpha value is -1.68. The van der Waals surface area contributed by atoms with Gasteiger partial charge >= 0.3 is 0 Å². The molecule has 110 valence electrons. The summed E-state index contributed by atoms with van der Waals surface area (Å²) >= 11 is 3.46. The van der Waals surface area contributed by atoms with Gasteiger partial charge in [0.25, 0.3) is 0 Å². The fourth-order valence-corrected chi connectivity index (χ4v) is 3.02. The second-order valence-corrected chi connectivity index (χ2v) is 6.36. The highest BCUT2D eigenvalue weighted by molar-refractivity contribution is 9.10. The lowest BCUT2D eigenvalue weighted by atomic mass is 9.76. The van der Waals surface area contributed by atoms with Gasteiger partial charge in [-0.3, -0.25) is 0 Å². The van der Waals surface area contributed by atoms with Crippen LogP contribution in [-0.4, -0.2) is 18.3 Å². The molecule has 1 aliphatic carbocycles. The molecule has 0 unspecified atom stereocenters. The van der Waals surface area contributed by atoms with Crippen molar-refractivity contribution in [3.63, 3.8) is 0 Å².